The van der Waals surface area contributed by atoms with Crippen molar-refractivity contribution >= 4 is 17.5 Å². The topological polar surface area (TPSA) is 116 Å². The minimum atomic E-state index is -0.655. The molecule has 2 heterocycles. The number of hydrogen-bond acceptors (Lipinski definition) is 7. The van der Waals surface area contributed by atoms with Crippen molar-refractivity contribution in [2.24, 2.45) is 0 Å². The highest BCUT2D eigenvalue weighted by Crippen LogP contribution is 2.34. The number of nitrogens with zero attached hydrogens (tertiary/aromatic N) is 3. The SMILES string of the molecule is Nc1nc(NC2CCOc3ccc(F)cc32)ncc1[N+](=O)[O-]. The zero-order valence-electron chi connectivity index (χ0n) is 11.3. The third-order valence-electron chi connectivity index (χ3n) is 3.31. The van der Waals surface area contributed by atoms with Crippen molar-refractivity contribution in [3.63, 3.8) is 0 Å². The van der Waals surface area contributed by atoms with Gasteiger partial charge in [-0.25, -0.2) is 9.37 Å². The summed E-state index contributed by atoms with van der Waals surface area (Å²) in [5.41, 5.74) is 5.82. The number of nitrogen functional groups attached to an aromatic ring is 1. The molecular weight excluding hydrogens is 293 g/mol. The van der Waals surface area contributed by atoms with E-state index in [0.717, 1.165) is 6.20 Å². The first-order chi connectivity index (χ1) is 10.5. The highest BCUT2D eigenvalue weighted by Gasteiger charge is 2.23. The number of aromatic nitrogens is 2. The first-order valence-corrected chi connectivity index (χ1v) is 6.50. The van der Waals surface area contributed by atoms with E-state index in [4.69, 9.17) is 10.5 Å². The molecule has 0 spiro atoms. The van der Waals surface area contributed by atoms with Gasteiger partial charge in [0.1, 0.15) is 17.8 Å². The van der Waals surface area contributed by atoms with Crippen LogP contribution in [0.3, 0.4) is 0 Å². The van der Waals surface area contributed by atoms with E-state index >= 15 is 0 Å². The van der Waals surface area contributed by atoms with Crippen molar-refractivity contribution in [2.45, 2.75) is 12.5 Å². The number of hydrogen-bond donors (Lipinski definition) is 2. The van der Waals surface area contributed by atoms with Gasteiger partial charge in [-0.2, -0.15) is 4.98 Å². The van der Waals surface area contributed by atoms with Gasteiger partial charge in [-0.1, -0.05) is 0 Å². The first kappa shape index (κ1) is 14.0. The van der Waals surface area contributed by atoms with Gasteiger partial charge in [0, 0.05) is 12.0 Å². The number of fused-ring (bicyclic) bond motifs is 1. The predicted octanol–water partition coefficient (Wildman–Crippen LogP) is 2.04. The maximum atomic E-state index is 13.4. The molecule has 1 atom stereocenters. The van der Waals surface area contributed by atoms with Crippen LogP contribution in [0.5, 0.6) is 5.75 Å². The number of ether oxygens (including phenoxy) is 1. The lowest BCUT2D eigenvalue weighted by Crippen LogP contribution is -2.21. The van der Waals surface area contributed by atoms with Gasteiger partial charge >= 0.3 is 5.69 Å². The molecule has 1 aliphatic rings. The number of rotatable bonds is 3. The monoisotopic (exact) mass is 305 g/mol. The molecule has 3 N–H and O–H groups in total. The fourth-order valence-corrected chi connectivity index (χ4v) is 2.27. The van der Waals surface area contributed by atoms with Crippen molar-refractivity contribution in [1.82, 2.24) is 9.97 Å². The summed E-state index contributed by atoms with van der Waals surface area (Å²) in [6.45, 7) is 0.457. The molecule has 0 saturated heterocycles. The van der Waals surface area contributed by atoms with E-state index in [9.17, 15) is 14.5 Å². The minimum absolute atomic E-state index is 0.144. The van der Waals surface area contributed by atoms with E-state index in [1.165, 1.54) is 12.1 Å². The summed E-state index contributed by atoms with van der Waals surface area (Å²) < 4.78 is 18.9. The highest BCUT2D eigenvalue weighted by atomic mass is 19.1. The number of nitrogens with two attached hydrogens (primary N) is 1. The second-order valence-corrected chi connectivity index (χ2v) is 4.74. The molecule has 2 aromatic rings. The maximum Gasteiger partial charge on any atom is 0.329 e. The van der Waals surface area contributed by atoms with E-state index in [1.54, 1.807) is 6.07 Å². The fourth-order valence-electron chi connectivity index (χ4n) is 2.27. The molecule has 0 fully saturated rings. The van der Waals surface area contributed by atoms with Crippen LogP contribution < -0.4 is 15.8 Å². The average molecular weight is 305 g/mol. The molecule has 0 amide bonds. The van der Waals surface area contributed by atoms with E-state index in [2.05, 4.69) is 15.3 Å². The molecule has 0 aliphatic carbocycles. The Morgan fingerprint density at radius 2 is 2.32 bits per heavy atom. The van der Waals surface area contributed by atoms with Gasteiger partial charge in [0.15, 0.2) is 0 Å². The Balaban J connectivity index is 1.87. The van der Waals surface area contributed by atoms with Gasteiger partial charge in [-0.15, -0.1) is 0 Å². The smallest absolute Gasteiger partial charge is 0.329 e. The fraction of sp³-hybridized carbons (Fsp3) is 0.231. The highest BCUT2D eigenvalue weighted by molar-refractivity contribution is 5.54. The lowest BCUT2D eigenvalue weighted by atomic mass is 10.0. The molecule has 0 saturated carbocycles. The molecule has 22 heavy (non-hydrogen) atoms. The van der Waals surface area contributed by atoms with Gasteiger partial charge in [-0.05, 0) is 18.2 Å². The molecule has 8 nitrogen and oxygen atoms in total. The molecule has 1 unspecified atom stereocenters. The van der Waals surface area contributed by atoms with Gasteiger partial charge in [-0.3, -0.25) is 10.1 Å². The molecular formula is C13H12FN5O3. The third-order valence-corrected chi connectivity index (χ3v) is 3.31. The number of anilines is 2. The number of nitro groups is 1. The maximum absolute atomic E-state index is 13.4. The van der Waals surface area contributed by atoms with E-state index in [-0.39, 0.29) is 29.3 Å². The Hall–Kier alpha value is -2.97. The van der Waals surface area contributed by atoms with Crippen molar-refractivity contribution in [3.05, 3.63) is 45.9 Å². The third kappa shape index (κ3) is 2.60. The Labute approximate surface area is 124 Å². The van der Waals surface area contributed by atoms with Crippen LogP contribution >= 0.6 is 0 Å². The van der Waals surface area contributed by atoms with Gasteiger partial charge in [0.25, 0.3) is 0 Å². The Kier molecular flexibility index (Phi) is 3.45. The summed E-state index contributed by atoms with van der Waals surface area (Å²) in [4.78, 5) is 17.8. The summed E-state index contributed by atoms with van der Waals surface area (Å²) in [7, 11) is 0. The summed E-state index contributed by atoms with van der Waals surface area (Å²) >= 11 is 0. The number of benzene rings is 1. The summed E-state index contributed by atoms with van der Waals surface area (Å²) in [5.74, 6) is 0.124. The summed E-state index contributed by atoms with van der Waals surface area (Å²) in [5, 5.41) is 13.7. The number of nitrogens with one attached hydrogen (secondary N) is 1. The Bertz CT molecular complexity index is 740. The summed E-state index contributed by atoms with van der Waals surface area (Å²) in [6, 6.07) is 3.99. The van der Waals surface area contributed by atoms with Crippen LogP contribution in [0.25, 0.3) is 0 Å². The van der Waals surface area contributed by atoms with Crippen molar-refractivity contribution < 1.29 is 14.1 Å². The van der Waals surface area contributed by atoms with E-state index < -0.39 is 4.92 Å². The van der Waals surface area contributed by atoms with Crippen molar-refractivity contribution in [3.8, 4) is 5.75 Å². The lowest BCUT2D eigenvalue weighted by molar-refractivity contribution is -0.384. The average Bonchev–Trinajstić information content (AvgIpc) is 2.47. The van der Waals surface area contributed by atoms with Gasteiger partial charge in [0.05, 0.1) is 17.6 Å². The van der Waals surface area contributed by atoms with Crippen LogP contribution in [0.2, 0.25) is 0 Å². The van der Waals surface area contributed by atoms with Gasteiger partial charge < -0.3 is 15.8 Å². The zero-order valence-corrected chi connectivity index (χ0v) is 11.3. The normalized spacial score (nSPS) is 16.5. The quantitative estimate of drug-likeness (QED) is 0.658. The van der Waals surface area contributed by atoms with Crippen LogP contribution in [-0.4, -0.2) is 21.5 Å². The largest absolute Gasteiger partial charge is 0.493 e. The Morgan fingerprint density at radius 1 is 1.50 bits per heavy atom. The van der Waals surface area contributed by atoms with Crippen LogP contribution in [0, 0.1) is 15.9 Å². The summed E-state index contributed by atoms with van der Waals surface area (Å²) in [6.07, 6.45) is 1.62. The van der Waals surface area contributed by atoms with Crippen LogP contribution in [0.15, 0.2) is 24.4 Å². The zero-order chi connectivity index (χ0) is 15.7. The van der Waals surface area contributed by atoms with Crippen LogP contribution in [0.1, 0.15) is 18.0 Å². The van der Waals surface area contributed by atoms with Crippen molar-refractivity contribution in [2.75, 3.05) is 17.7 Å². The molecule has 1 aliphatic heterocycles. The molecule has 9 heteroatoms. The molecule has 0 radical (unpaired) electrons. The second kappa shape index (κ2) is 5.43. The van der Waals surface area contributed by atoms with Crippen molar-refractivity contribution in [1.29, 1.82) is 0 Å². The number of halogens is 1. The standard InChI is InChI=1S/C13H12FN5O3/c14-7-1-2-11-8(5-7)9(3-4-22-11)17-13-16-6-10(19(20)21)12(15)18-13/h1-2,5-6,9H,3-4H2,(H3,15,16,17,18). The first-order valence-electron chi connectivity index (χ1n) is 6.50. The molecule has 0 bridgehead atoms. The van der Waals surface area contributed by atoms with Crippen LogP contribution in [0.4, 0.5) is 21.8 Å². The van der Waals surface area contributed by atoms with Gasteiger partial charge in [0.2, 0.25) is 11.8 Å². The van der Waals surface area contributed by atoms with E-state index in [0.29, 0.717) is 24.3 Å². The molecule has 1 aromatic carbocycles. The molecule has 3 rings (SSSR count). The van der Waals surface area contributed by atoms with Crippen LogP contribution in [-0.2, 0) is 0 Å². The van der Waals surface area contributed by atoms with E-state index in [1.807, 2.05) is 0 Å². The minimum Gasteiger partial charge on any atom is -0.493 e. The lowest BCUT2D eigenvalue weighted by Gasteiger charge is -2.26. The Morgan fingerprint density at radius 3 is 3.05 bits per heavy atom. The molecule has 1 aromatic heterocycles. The predicted molar refractivity (Wildman–Crippen MR) is 76.0 cm³/mol. The second-order valence-electron chi connectivity index (χ2n) is 4.74. The molecule has 114 valence electrons.